The molecule has 2 aromatic heterocycles. The molecule has 0 amide bonds. The average Bonchev–Trinajstić information content (AvgIpc) is 2.53. The van der Waals surface area contributed by atoms with Gasteiger partial charge in [0.05, 0.1) is 18.8 Å². The molecule has 0 bridgehead atoms. The molecule has 2 heterocycles. The topological polar surface area (TPSA) is 72.9 Å². The minimum absolute atomic E-state index is 0.172. The molecule has 15 heavy (non-hydrogen) atoms. The summed E-state index contributed by atoms with van der Waals surface area (Å²) in [4.78, 5) is 15.9. The normalized spacial score (nSPS) is 13.3. The second-order valence-corrected chi connectivity index (χ2v) is 3.56. The molecular weight excluding hydrogens is 196 g/mol. The van der Waals surface area contributed by atoms with Crippen molar-refractivity contribution in [1.82, 2.24) is 19.3 Å². The van der Waals surface area contributed by atoms with E-state index in [9.17, 15) is 9.90 Å². The summed E-state index contributed by atoms with van der Waals surface area (Å²) in [5.74, 6) is 0. The van der Waals surface area contributed by atoms with E-state index >= 15 is 0 Å². The van der Waals surface area contributed by atoms with Crippen molar-refractivity contribution in [1.29, 1.82) is 0 Å². The van der Waals surface area contributed by atoms with Gasteiger partial charge in [0.15, 0.2) is 5.65 Å². The van der Waals surface area contributed by atoms with Crippen LogP contribution in [0.25, 0.3) is 11.0 Å². The van der Waals surface area contributed by atoms with Crippen molar-refractivity contribution in [3.05, 3.63) is 22.9 Å². The number of aliphatic hydroxyl groups is 1. The van der Waals surface area contributed by atoms with Gasteiger partial charge < -0.3 is 5.11 Å². The highest BCUT2D eigenvalue weighted by Gasteiger charge is 2.08. The van der Waals surface area contributed by atoms with Gasteiger partial charge in [-0.25, -0.2) is 4.98 Å². The summed E-state index contributed by atoms with van der Waals surface area (Å²) in [6.07, 6.45) is 2.35. The third-order valence-electron chi connectivity index (χ3n) is 2.18. The van der Waals surface area contributed by atoms with Crippen LogP contribution in [-0.4, -0.2) is 30.5 Å². The van der Waals surface area contributed by atoms with Crippen molar-refractivity contribution in [2.75, 3.05) is 0 Å². The van der Waals surface area contributed by atoms with Crippen LogP contribution in [0.1, 0.15) is 6.92 Å². The molecule has 0 saturated carbocycles. The third-order valence-corrected chi connectivity index (χ3v) is 2.18. The molecule has 0 aliphatic heterocycles. The molecule has 0 saturated heterocycles. The van der Waals surface area contributed by atoms with Gasteiger partial charge in [-0.05, 0) is 6.92 Å². The Morgan fingerprint density at radius 3 is 3.00 bits per heavy atom. The summed E-state index contributed by atoms with van der Waals surface area (Å²) in [6.45, 7) is 1.87. The molecule has 80 valence electrons. The molecule has 1 atom stereocenters. The van der Waals surface area contributed by atoms with Crippen LogP contribution in [0.5, 0.6) is 0 Å². The molecule has 0 spiro atoms. The minimum atomic E-state index is -0.571. The summed E-state index contributed by atoms with van der Waals surface area (Å²) in [5, 5.41) is 13.6. The number of hydrogen-bond donors (Lipinski definition) is 1. The summed E-state index contributed by atoms with van der Waals surface area (Å²) in [7, 11) is 1.73. The van der Waals surface area contributed by atoms with Crippen molar-refractivity contribution in [2.45, 2.75) is 19.6 Å². The van der Waals surface area contributed by atoms with E-state index in [1.54, 1.807) is 18.7 Å². The molecule has 6 heteroatoms. The predicted molar refractivity (Wildman–Crippen MR) is 54.4 cm³/mol. The van der Waals surface area contributed by atoms with Crippen molar-refractivity contribution >= 4 is 11.0 Å². The molecule has 0 aromatic carbocycles. The van der Waals surface area contributed by atoms with Crippen molar-refractivity contribution in [3.8, 4) is 0 Å². The van der Waals surface area contributed by atoms with Gasteiger partial charge in [-0.15, -0.1) is 0 Å². The number of nitrogens with zero attached hydrogens (tertiary/aromatic N) is 4. The zero-order valence-corrected chi connectivity index (χ0v) is 8.58. The first kappa shape index (κ1) is 9.85. The molecule has 1 unspecified atom stereocenters. The van der Waals surface area contributed by atoms with E-state index in [0.29, 0.717) is 11.0 Å². The van der Waals surface area contributed by atoms with E-state index in [0.717, 1.165) is 0 Å². The van der Waals surface area contributed by atoms with E-state index in [4.69, 9.17) is 0 Å². The van der Waals surface area contributed by atoms with Crippen molar-refractivity contribution < 1.29 is 5.11 Å². The SMILES string of the molecule is CC(O)Cn1cnc2c(cnn2C)c1=O. The van der Waals surface area contributed by atoms with Gasteiger partial charge >= 0.3 is 0 Å². The average molecular weight is 208 g/mol. The summed E-state index contributed by atoms with van der Waals surface area (Å²) >= 11 is 0. The van der Waals surface area contributed by atoms with Crippen LogP contribution in [0.4, 0.5) is 0 Å². The highest BCUT2D eigenvalue weighted by Crippen LogP contribution is 2.03. The van der Waals surface area contributed by atoms with Crippen LogP contribution in [0, 0.1) is 0 Å². The van der Waals surface area contributed by atoms with Crippen LogP contribution < -0.4 is 5.56 Å². The van der Waals surface area contributed by atoms with Gasteiger partial charge in [0.2, 0.25) is 0 Å². The third kappa shape index (κ3) is 1.63. The largest absolute Gasteiger partial charge is 0.392 e. The lowest BCUT2D eigenvalue weighted by atomic mass is 10.4. The zero-order chi connectivity index (χ0) is 11.0. The fourth-order valence-electron chi connectivity index (χ4n) is 1.48. The smallest absolute Gasteiger partial charge is 0.264 e. The zero-order valence-electron chi connectivity index (χ0n) is 8.58. The first-order chi connectivity index (χ1) is 7.09. The maximum Gasteiger partial charge on any atom is 0.264 e. The van der Waals surface area contributed by atoms with Gasteiger partial charge in [-0.1, -0.05) is 0 Å². The second kappa shape index (κ2) is 3.47. The molecule has 0 fully saturated rings. The number of rotatable bonds is 2. The van der Waals surface area contributed by atoms with Gasteiger partial charge in [-0.3, -0.25) is 14.0 Å². The molecule has 0 aliphatic rings. The fourth-order valence-corrected chi connectivity index (χ4v) is 1.48. The number of aryl methyl sites for hydroxylation is 1. The van der Waals surface area contributed by atoms with Crippen LogP contribution in [0.3, 0.4) is 0 Å². The molecule has 0 radical (unpaired) electrons. The maximum absolute atomic E-state index is 11.8. The van der Waals surface area contributed by atoms with Gasteiger partial charge in [0.25, 0.3) is 5.56 Å². The van der Waals surface area contributed by atoms with E-state index < -0.39 is 6.10 Å². The lowest BCUT2D eigenvalue weighted by molar-refractivity contribution is 0.172. The van der Waals surface area contributed by atoms with E-state index in [2.05, 4.69) is 10.1 Å². The Balaban J connectivity index is 2.61. The Labute approximate surface area is 85.8 Å². The standard InChI is InChI=1S/C9H12N4O2/c1-6(14)4-13-5-10-8-7(9(13)15)3-11-12(8)2/h3,5-6,14H,4H2,1-2H3. The van der Waals surface area contributed by atoms with Crippen molar-refractivity contribution in [3.63, 3.8) is 0 Å². The lowest BCUT2D eigenvalue weighted by Gasteiger charge is -2.06. The Morgan fingerprint density at radius 2 is 2.33 bits per heavy atom. The van der Waals surface area contributed by atoms with Crippen LogP contribution in [0.15, 0.2) is 17.3 Å². The van der Waals surface area contributed by atoms with Crippen molar-refractivity contribution in [2.24, 2.45) is 7.05 Å². The summed E-state index contributed by atoms with van der Waals surface area (Å²) in [6, 6.07) is 0. The highest BCUT2D eigenvalue weighted by atomic mass is 16.3. The summed E-state index contributed by atoms with van der Waals surface area (Å²) in [5.41, 5.74) is 0.385. The molecule has 6 nitrogen and oxygen atoms in total. The maximum atomic E-state index is 11.8. The molecule has 0 aliphatic carbocycles. The van der Waals surface area contributed by atoms with Gasteiger partial charge in [0.1, 0.15) is 11.7 Å². The van der Waals surface area contributed by atoms with Crippen LogP contribution in [-0.2, 0) is 13.6 Å². The Hall–Kier alpha value is -1.69. The van der Waals surface area contributed by atoms with Gasteiger partial charge in [-0.2, -0.15) is 5.10 Å². The molecule has 2 aromatic rings. The number of hydrogen-bond acceptors (Lipinski definition) is 4. The monoisotopic (exact) mass is 208 g/mol. The second-order valence-electron chi connectivity index (χ2n) is 3.56. The molecule has 1 N–H and O–H groups in total. The fraction of sp³-hybridized carbons (Fsp3) is 0.444. The first-order valence-electron chi connectivity index (χ1n) is 4.65. The first-order valence-corrected chi connectivity index (χ1v) is 4.65. The molecular formula is C9H12N4O2. The van der Waals surface area contributed by atoms with Crippen LogP contribution >= 0.6 is 0 Å². The Morgan fingerprint density at radius 1 is 1.60 bits per heavy atom. The minimum Gasteiger partial charge on any atom is -0.392 e. The Bertz CT molecular complexity index is 541. The number of aliphatic hydroxyl groups excluding tert-OH is 1. The number of aromatic nitrogens is 4. The highest BCUT2D eigenvalue weighted by molar-refractivity contribution is 5.72. The van der Waals surface area contributed by atoms with Gasteiger partial charge in [0, 0.05) is 7.05 Å². The quantitative estimate of drug-likeness (QED) is 0.722. The van der Waals surface area contributed by atoms with Crippen LogP contribution in [0.2, 0.25) is 0 Å². The van der Waals surface area contributed by atoms with E-state index in [-0.39, 0.29) is 12.1 Å². The lowest BCUT2D eigenvalue weighted by Crippen LogP contribution is -2.25. The van der Waals surface area contributed by atoms with E-state index in [1.165, 1.54) is 17.1 Å². The number of fused-ring (bicyclic) bond motifs is 1. The Kier molecular flexibility index (Phi) is 2.28. The molecule has 2 rings (SSSR count). The summed E-state index contributed by atoms with van der Waals surface area (Å²) < 4.78 is 2.93. The van der Waals surface area contributed by atoms with E-state index in [1.807, 2.05) is 0 Å². The predicted octanol–water partition coefficient (Wildman–Crippen LogP) is -0.489.